The van der Waals surface area contributed by atoms with E-state index in [4.69, 9.17) is 0 Å². The molecule has 0 rings (SSSR count). The van der Waals surface area contributed by atoms with E-state index in [-0.39, 0.29) is 0 Å². The van der Waals surface area contributed by atoms with Crippen LogP contribution in [0.4, 0.5) is 0 Å². The van der Waals surface area contributed by atoms with Crippen LogP contribution >= 0.6 is 0 Å². The van der Waals surface area contributed by atoms with Crippen molar-refractivity contribution in [2.75, 3.05) is 13.2 Å². The number of hydrogen-bond acceptors (Lipinski definition) is 6. The summed E-state index contributed by atoms with van der Waals surface area (Å²) in [6.07, 6.45) is 0. The first-order valence-electron chi connectivity index (χ1n) is 3.84. The van der Waals surface area contributed by atoms with Gasteiger partial charge in [-0.25, -0.2) is 14.7 Å². The fourth-order valence-electron chi connectivity index (χ4n) is 0.461. The molecule has 0 aromatic heterocycles. The molecule has 6 nitrogen and oxygen atoms in total. The van der Waals surface area contributed by atoms with Crippen molar-refractivity contribution in [3.8, 4) is 0 Å². The SMILES string of the molecule is [B-]OOC(C)(OOCC)OOCC. The monoisotopic (exact) mass is 192 g/mol. The summed E-state index contributed by atoms with van der Waals surface area (Å²) in [5.41, 5.74) is 0. The standard InChI is InChI=1S/C6H13BO6/c1-4-8-10-6(3,12-13-7)11-9-5-2/h4-5H2,1-3H3/q-1. The minimum Gasteiger partial charge on any atom is -0.567 e. The molecule has 0 bridgehead atoms. The topological polar surface area (TPSA) is 55.4 Å². The molecule has 0 aromatic rings. The van der Waals surface area contributed by atoms with E-state index in [1.165, 1.54) is 6.92 Å². The van der Waals surface area contributed by atoms with Crippen LogP contribution < -0.4 is 0 Å². The van der Waals surface area contributed by atoms with Crippen molar-refractivity contribution in [3.63, 3.8) is 0 Å². The zero-order valence-electron chi connectivity index (χ0n) is 7.94. The van der Waals surface area contributed by atoms with E-state index in [9.17, 15) is 0 Å². The Morgan fingerprint density at radius 2 is 1.46 bits per heavy atom. The van der Waals surface area contributed by atoms with Crippen molar-refractivity contribution < 1.29 is 29.2 Å². The van der Waals surface area contributed by atoms with Gasteiger partial charge in [-0.15, -0.1) is 0 Å². The van der Waals surface area contributed by atoms with Crippen LogP contribution in [0.2, 0.25) is 0 Å². The Morgan fingerprint density at radius 1 is 1.00 bits per heavy atom. The summed E-state index contributed by atoms with van der Waals surface area (Å²) in [6.45, 7) is 5.46. The average molecular weight is 192 g/mol. The molecule has 0 atom stereocenters. The summed E-state index contributed by atoms with van der Waals surface area (Å²) in [5.74, 6) is -1.64. The molecule has 0 spiro atoms. The molecule has 13 heavy (non-hydrogen) atoms. The van der Waals surface area contributed by atoms with Gasteiger partial charge < -0.3 is 12.9 Å². The molecule has 0 unspecified atom stereocenters. The second kappa shape index (κ2) is 7.25. The van der Waals surface area contributed by atoms with Gasteiger partial charge in [0.05, 0.1) is 13.2 Å². The van der Waals surface area contributed by atoms with Crippen LogP contribution in [0, 0.1) is 0 Å². The first-order valence-corrected chi connectivity index (χ1v) is 3.84. The zero-order valence-corrected chi connectivity index (χ0v) is 7.94. The molecule has 0 aromatic carbocycles. The summed E-state index contributed by atoms with van der Waals surface area (Å²) >= 11 is 0. The third-order valence-electron chi connectivity index (χ3n) is 0.856. The summed E-state index contributed by atoms with van der Waals surface area (Å²) in [5, 5.41) is 0. The molecular formula is C6H13BO6-. The van der Waals surface area contributed by atoms with Gasteiger partial charge in [0.15, 0.2) is 0 Å². The van der Waals surface area contributed by atoms with E-state index in [1.54, 1.807) is 13.8 Å². The Labute approximate surface area is 78.2 Å². The molecule has 0 saturated carbocycles. The highest BCUT2D eigenvalue weighted by molar-refractivity contribution is 5.97. The molecule has 0 aliphatic carbocycles. The minimum absolute atomic E-state index is 0.318. The smallest absolute Gasteiger partial charge is 0.357 e. The third-order valence-corrected chi connectivity index (χ3v) is 0.856. The van der Waals surface area contributed by atoms with Crippen molar-refractivity contribution in [1.82, 2.24) is 0 Å². The molecule has 3 radical (unpaired) electrons. The van der Waals surface area contributed by atoms with Gasteiger partial charge in [0, 0.05) is 6.92 Å². The predicted octanol–water partition coefficient (Wildman–Crippen LogP) is 0.628. The van der Waals surface area contributed by atoms with Crippen molar-refractivity contribution >= 4 is 8.05 Å². The van der Waals surface area contributed by atoms with Crippen molar-refractivity contribution in [2.24, 2.45) is 0 Å². The molecule has 0 aliphatic heterocycles. The summed E-state index contributed by atoms with van der Waals surface area (Å²) in [7, 11) is 4.66. The molecule has 0 fully saturated rings. The summed E-state index contributed by atoms with van der Waals surface area (Å²) < 4.78 is 0. The highest BCUT2D eigenvalue weighted by atomic mass is 17.4. The van der Waals surface area contributed by atoms with Gasteiger partial charge in [0.25, 0.3) is 0 Å². The van der Waals surface area contributed by atoms with E-state index >= 15 is 0 Å². The molecule has 0 heterocycles. The fourth-order valence-corrected chi connectivity index (χ4v) is 0.461. The fraction of sp³-hybridized carbons (Fsp3) is 1.00. The van der Waals surface area contributed by atoms with Crippen LogP contribution in [0.5, 0.6) is 0 Å². The van der Waals surface area contributed by atoms with Gasteiger partial charge in [0.2, 0.25) is 0 Å². The van der Waals surface area contributed by atoms with Gasteiger partial charge in [-0.05, 0) is 13.8 Å². The van der Waals surface area contributed by atoms with Crippen LogP contribution in [0.25, 0.3) is 0 Å². The lowest BCUT2D eigenvalue weighted by Gasteiger charge is -2.28. The number of rotatable bonds is 8. The molecule has 0 saturated heterocycles. The maximum absolute atomic E-state index is 4.66. The van der Waals surface area contributed by atoms with E-state index in [0.717, 1.165) is 0 Å². The van der Waals surface area contributed by atoms with E-state index in [2.05, 4.69) is 37.3 Å². The summed E-state index contributed by atoms with van der Waals surface area (Å²) in [6, 6.07) is 0. The van der Waals surface area contributed by atoms with Crippen LogP contribution in [-0.4, -0.2) is 27.2 Å². The van der Waals surface area contributed by atoms with E-state index in [0.29, 0.717) is 13.2 Å². The van der Waals surface area contributed by atoms with Crippen molar-refractivity contribution in [3.05, 3.63) is 0 Å². The molecule has 0 N–H and O–H groups in total. The Bertz CT molecular complexity index is 114. The van der Waals surface area contributed by atoms with E-state index in [1.807, 2.05) is 0 Å². The largest absolute Gasteiger partial charge is 0.567 e. The second-order valence-electron chi connectivity index (χ2n) is 2.02. The Hall–Kier alpha value is -0.175. The quantitative estimate of drug-likeness (QED) is 0.243. The predicted molar refractivity (Wildman–Crippen MR) is 41.8 cm³/mol. The molecule has 0 amide bonds. The number of hydrogen-bond donors (Lipinski definition) is 0. The lowest BCUT2D eigenvalue weighted by Crippen LogP contribution is -2.36. The van der Waals surface area contributed by atoms with Gasteiger partial charge in [-0.2, -0.15) is 9.78 Å². The van der Waals surface area contributed by atoms with Gasteiger partial charge in [-0.1, -0.05) is 0 Å². The molecule has 0 aliphatic rings. The van der Waals surface area contributed by atoms with Crippen LogP contribution in [0.3, 0.4) is 0 Å². The Morgan fingerprint density at radius 3 is 1.77 bits per heavy atom. The van der Waals surface area contributed by atoms with Crippen LogP contribution in [0.15, 0.2) is 0 Å². The Balaban J connectivity index is 3.84. The zero-order chi connectivity index (χ0) is 10.2. The second-order valence-corrected chi connectivity index (χ2v) is 2.02. The van der Waals surface area contributed by atoms with Crippen LogP contribution in [0.1, 0.15) is 20.8 Å². The van der Waals surface area contributed by atoms with Crippen molar-refractivity contribution in [2.45, 2.75) is 26.7 Å². The van der Waals surface area contributed by atoms with Gasteiger partial charge >= 0.3 is 5.97 Å². The first-order chi connectivity index (χ1) is 6.18. The summed E-state index contributed by atoms with van der Waals surface area (Å²) in [4.78, 5) is 26.8. The lowest BCUT2D eigenvalue weighted by atomic mass is 10.6. The van der Waals surface area contributed by atoms with Crippen LogP contribution in [-0.2, 0) is 29.2 Å². The highest BCUT2D eigenvalue weighted by Gasteiger charge is 2.30. The van der Waals surface area contributed by atoms with Crippen molar-refractivity contribution in [1.29, 1.82) is 0 Å². The van der Waals surface area contributed by atoms with E-state index < -0.39 is 5.97 Å². The highest BCUT2D eigenvalue weighted by Crippen LogP contribution is 2.15. The Kier molecular flexibility index (Phi) is 7.15. The maximum Gasteiger partial charge on any atom is 0.357 e. The third kappa shape index (κ3) is 5.97. The molecule has 7 heteroatoms. The minimum atomic E-state index is -1.64. The lowest BCUT2D eigenvalue weighted by molar-refractivity contribution is -0.611. The molecular weight excluding hydrogens is 179 g/mol. The van der Waals surface area contributed by atoms with Gasteiger partial charge in [0.1, 0.15) is 0 Å². The van der Waals surface area contributed by atoms with Gasteiger partial charge in [-0.3, -0.25) is 0 Å². The normalized spacial score (nSPS) is 12.0. The molecule has 77 valence electrons. The average Bonchev–Trinajstić information content (AvgIpc) is 2.12. The first kappa shape index (κ1) is 12.8. The maximum atomic E-state index is 4.66.